The number of hydrogen-bond acceptors (Lipinski definition) is 10. The molecule has 168 valence electrons. The Morgan fingerprint density at radius 1 is 1.27 bits per heavy atom. The minimum atomic E-state index is -0.452. The van der Waals surface area contributed by atoms with Crippen molar-refractivity contribution in [1.82, 2.24) is 4.98 Å². The number of thiazole rings is 1. The van der Waals surface area contributed by atoms with E-state index in [0.29, 0.717) is 46.1 Å². The highest BCUT2D eigenvalue weighted by molar-refractivity contribution is 7.21. The molecular weight excluding hydrogens is 444 g/mol. The zero-order valence-electron chi connectivity index (χ0n) is 17.8. The average Bonchev–Trinajstić information content (AvgIpc) is 3.22. The highest BCUT2D eigenvalue weighted by atomic mass is 32.1. The monoisotopic (exact) mass is 464 g/mol. The molecule has 0 unspecified atom stereocenters. The van der Waals surface area contributed by atoms with Crippen molar-refractivity contribution in [2.24, 2.45) is 10.2 Å². The molecule has 0 saturated heterocycles. The van der Waals surface area contributed by atoms with Crippen molar-refractivity contribution in [3.8, 4) is 6.07 Å². The fourth-order valence-corrected chi connectivity index (χ4v) is 3.64. The summed E-state index contributed by atoms with van der Waals surface area (Å²) < 4.78 is 5.81. The first kappa shape index (κ1) is 23.5. The van der Waals surface area contributed by atoms with Gasteiger partial charge in [-0.25, -0.2) is 9.78 Å². The number of ether oxygens (including phenoxy) is 1. The summed E-state index contributed by atoms with van der Waals surface area (Å²) in [6.45, 7) is 6.23. The van der Waals surface area contributed by atoms with Crippen molar-refractivity contribution in [3.05, 3.63) is 64.7 Å². The number of benzene rings is 2. The maximum Gasteiger partial charge on any atom is 0.333 e. The number of hydrogen-bond donors (Lipinski definition) is 0. The Morgan fingerprint density at radius 3 is 2.70 bits per heavy atom. The number of nitriles is 1. The fourth-order valence-electron chi connectivity index (χ4n) is 2.81. The molecule has 0 aliphatic carbocycles. The third-order valence-corrected chi connectivity index (χ3v) is 5.38. The molecule has 11 heteroatoms. The van der Waals surface area contributed by atoms with Crippen LogP contribution in [0.1, 0.15) is 13.3 Å². The van der Waals surface area contributed by atoms with Crippen LogP contribution in [0, 0.1) is 21.4 Å². The molecule has 0 atom stereocenters. The first-order valence-electron chi connectivity index (χ1n) is 9.88. The van der Waals surface area contributed by atoms with Crippen molar-refractivity contribution in [2.45, 2.75) is 13.3 Å². The average molecular weight is 465 g/mol. The summed E-state index contributed by atoms with van der Waals surface area (Å²) in [7, 11) is 0. The summed E-state index contributed by atoms with van der Waals surface area (Å²) >= 11 is 1.22. The molecule has 10 nitrogen and oxygen atoms in total. The number of nitro benzene ring substituents is 1. The van der Waals surface area contributed by atoms with Gasteiger partial charge in [0, 0.05) is 29.9 Å². The smallest absolute Gasteiger partial charge is 0.333 e. The lowest BCUT2D eigenvalue weighted by molar-refractivity contribution is -0.384. The Labute approximate surface area is 193 Å². The summed E-state index contributed by atoms with van der Waals surface area (Å²) in [5, 5.41) is 28.6. The molecule has 33 heavy (non-hydrogen) atoms. The highest BCUT2D eigenvalue weighted by Gasteiger charge is 2.11. The van der Waals surface area contributed by atoms with E-state index in [-0.39, 0.29) is 12.3 Å². The van der Waals surface area contributed by atoms with Gasteiger partial charge in [0.05, 0.1) is 39.9 Å². The SMILES string of the molecule is C=C(C)C(=O)OCCN(CCC#N)c1ccc(/N=N/c2nc3ccc([N+](=O)[O-])cc3s2)cc1. The second kappa shape index (κ2) is 10.9. The van der Waals surface area contributed by atoms with Gasteiger partial charge in [0.15, 0.2) is 0 Å². The van der Waals surface area contributed by atoms with Crippen LogP contribution in [0.2, 0.25) is 0 Å². The first-order valence-corrected chi connectivity index (χ1v) is 10.7. The highest BCUT2D eigenvalue weighted by Crippen LogP contribution is 2.32. The molecule has 0 spiro atoms. The number of anilines is 1. The van der Waals surface area contributed by atoms with E-state index in [1.54, 1.807) is 25.1 Å². The van der Waals surface area contributed by atoms with E-state index in [9.17, 15) is 14.9 Å². The summed E-state index contributed by atoms with van der Waals surface area (Å²) in [5.74, 6) is -0.449. The molecule has 2 aromatic carbocycles. The van der Waals surface area contributed by atoms with Crippen molar-refractivity contribution in [1.29, 1.82) is 5.26 Å². The zero-order chi connectivity index (χ0) is 23.8. The number of fused-ring (bicyclic) bond motifs is 1. The van der Waals surface area contributed by atoms with Crippen LogP contribution in [-0.2, 0) is 9.53 Å². The number of rotatable bonds is 10. The Hall–Kier alpha value is -4.17. The van der Waals surface area contributed by atoms with E-state index in [4.69, 9.17) is 10.00 Å². The third kappa shape index (κ3) is 6.41. The standard InChI is InChI=1S/C22H20N6O4S/c1-15(2)21(29)32-13-12-27(11-3-10-23)17-6-4-16(5-7-17)25-26-22-24-19-9-8-18(28(30)31)14-20(19)33-22/h4-9,14H,1,3,11-13H2,2H3/b26-25+. The second-order valence-corrected chi connectivity index (χ2v) is 7.94. The van der Waals surface area contributed by atoms with Crippen LogP contribution in [0.15, 0.2) is 64.8 Å². The quantitative estimate of drug-likeness (QED) is 0.128. The number of azo groups is 1. The van der Waals surface area contributed by atoms with Gasteiger partial charge in [-0.3, -0.25) is 10.1 Å². The largest absolute Gasteiger partial charge is 0.460 e. The fraction of sp³-hybridized carbons (Fsp3) is 0.227. The van der Waals surface area contributed by atoms with Crippen LogP contribution >= 0.6 is 11.3 Å². The molecule has 0 saturated carbocycles. The van der Waals surface area contributed by atoms with Gasteiger partial charge in [-0.15, -0.1) is 10.2 Å². The number of nitrogens with zero attached hydrogens (tertiary/aromatic N) is 6. The lowest BCUT2D eigenvalue weighted by Gasteiger charge is -2.23. The van der Waals surface area contributed by atoms with Gasteiger partial charge in [0.25, 0.3) is 5.69 Å². The van der Waals surface area contributed by atoms with E-state index in [1.807, 2.05) is 17.0 Å². The maximum absolute atomic E-state index is 11.6. The van der Waals surface area contributed by atoms with Gasteiger partial charge in [-0.1, -0.05) is 17.9 Å². The van der Waals surface area contributed by atoms with Gasteiger partial charge in [0.1, 0.15) is 6.61 Å². The lowest BCUT2D eigenvalue weighted by atomic mass is 10.2. The molecule has 0 fully saturated rings. The van der Waals surface area contributed by atoms with Gasteiger partial charge >= 0.3 is 5.97 Å². The molecule has 1 aromatic heterocycles. The van der Waals surface area contributed by atoms with Crippen LogP contribution in [0.5, 0.6) is 0 Å². The number of aromatic nitrogens is 1. The summed E-state index contributed by atoms with van der Waals surface area (Å²) in [4.78, 5) is 28.3. The van der Waals surface area contributed by atoms with E-state index < -0.39 is 10.9 Å². The minimum Gasteiger partial charge on any atom is -0.460 e. The minimum absolute atomic E-state index is 0.000530. The number of non-ortho nitro benzene ring substituents is 1. The van der Waals surface area contributed by atoms with Gasteiger partial charge < -0.3 is 9.64 Å². The van der Waals surface area contributed by atoms with E-state index >= 15 is 0 Å². The second-order valence-electron chi connectivity index (χ2n) is 6.93. The van der Waals surface area contributed by atoms with Crippen molar-refractivity contribution < 1.29 is 14.5 Å². The van der Waals surface area contributed by atoms with Crippen molar-refractivity contribution in [2.75, 3.05) is 24.6 Å². The predicted octanol–water partition coefficient (Wildman–Crippen LogP) is 5.46. The molecule has 0 amide bonds. The normalized spacial score (nSPS) is 10.8. The van der Waals surface area contributed by atoms with Gasteiger partial charge in [0.2, 0.25) is 5.13 Å². The maximum atomic E-state index is 11.6. The Bertz CT molecular complexity index is 1250. The van der Waals surface area contributed by atoms with Crippen molar-refractivity contribution >= 4 is 49.7 Å². The van der Waals surface area contributed by atoms with Crippen LogP contribution in [-0.4, -0.2) is 35.6 Å². The summed E-state index contributed by atoms with van der Waals surface area (Å²) in [5.41, 5.74) is 2.40. The molecule has 0 aliphatic rings. The van der Waals surface area contributed by atoms with Crippen LogP contribution in [0.3, 0.4) is 0 Å². The molecular formula is C22H20N6O4S. The topological polar surface area (TPSA) is 134 Å². The molecule has 0 radical (unpaired) electrons. The van der Waals surface area contributed by atoms with E-state index in [1.165, 1.54) is 23.5 Å². The molecule has 0 aliphatic heterocycles. The number of carbonyl (C=O) groups is 1. The number of carbonyl (C=O) groups excluding carboxylic acids is 1. The van der Waals surface area contributed by atoms with Gasteiger partial charge in [-0.2, -0.15) is 5.26 Å². The Kier molecular flexibility index (Phi) is 7.77. The molecule has 3 aromatic rings. The number of nitro groups is 1. The summed E-state index contributed by atoms with van der Waals surface area (Å²) in [6, 6.07) is 13.8. The zero-order valence-corrected chi connectivity index (χ0v) is 18.6. The van der Waals surface area contributed by atoms with Crippen LogP contribution in [0.25, 0.3) is 10.2 Å². The molecule has 1 heterocycles. The summed E-state index contributed by atoms with van der Waals surface area (Å²) in [6.07, 6.45) is 0.325. The first-order chi connectivity index (χ1) is 15.9. The molecule has 0 N–H and O–H groups in total. The Balaban J connectivity index is 1.68. The third-order valence-electron chi connectivity index (χ3n) is 4.47. The number of esters is 1. The van der Waals surface area contributed by atoms with E-state index in [0.717, 1.165) is 5.69 Å². The van der Waals surface area contributed by atoms with Crippen molar-refractivity contribution in [3.63, 3.8) is 0 Å². The molecule has 3 rings (SSSR count). The predicted molar refractivity (Wildman–Crippen MR) is 125 cm³/mol. The van der Waals surface area contributed by atoms with Crippen LogP contribution < -0.4 is 4.90 Å². The van der Waals surface area contributed by atoms with E-state index in [2.05, 4.69) is 27.9 Å². The van der Waals surface area contributed by atoms with Gasteiger partial charge in [-0.05, 0) is 37.3 Å². The van der Waals surface area contributed by atoms with Crippen LogP contribution in [0.4, 0.5) is 22.2 Å². The molecule has 0 bridgehead atoms. The lowest BCUT2D eigenvalue weighted by Crippen LogP contribution is -2.29. The Morgan fingerprint density at radius 2 is 2.03 bits per heavy atom.